The molecule has 114 valence electrons. The first-order valence-electron chi connectivity index (χ1n) is 6.77. The fourth-order valence-electron chi connectivity index (χ4n) is 1.56. The van der Waals surface area contributed by atoms with Gasteiger partial charge >= 0.3 is 6.61 Å². The van der Waals surface area contributed by atoms with E-state index in [1.165, 1.54) is 6.07 Å². The largest absolute Gasteiger partial charge is 0.493 e. The molecule has 0 aliphatic carbocycles. The monoisotopic (exact) mass is 287 g/mol. The van der Waals surface area contributed by atoms with E-state index in [0.29, 0.717) is 24.5 Å². The lowest BCUT2D eigenvalue weighted by Crippen LogP contribution is -2.35. The van der Waals surface area contributed by atoms with Crippen molar-refractivity contribution in [1.82, 2.24) is 5.32 Å². The van der Waals surface area contributed by atoms with Crippen molar-refractivity contribution in [1.29, 1.82) is 0 Å². The topological polar surface area (TPSA) is 30.5 Å². The number of halogens is 2. The summed E-state index contributed by atoms with van der Waals surface area (Å²) < 4.78 is 35.0. The maximum Gasteiger partial charge on any atom is 0.387 e. The number of hydrogen-bond acceptors (Lipinski definition) is 3. The summed E-state index contributed by atoms with van der Waals surface area (Å²) in [6, 6.07) is 5.04. The highest BCUT2D eigenvalue weighted by atomic mass is 19.3. The summed E-state index contributed by atoms with van der Waals surface area (Å²) in [5.74, 6) is 0.701. The zero-order chi connectivity index (χ0) is 15.2. The Labute approximate surface area is 119 Å². The molecule has 0 bridgehead atoms. The van der Waals surface area contributed by atoms with Crippen LogP contribution in [0.15, 0.2) is 18.2 Å². The van der Waals surface area contributed by atoms with Crippen LogP contribution in [0.1, 0.15) is 39.7 Å². The quantitative estimate of drug-likeness (QED) is 0.823. The molecule has 1 N–H and O–H groups in total. The summed E-state index contributed by atoms with van der Waals surface area (Å²) in [6.45, 7) is 6.19. The van der Waals surface area contributed by atoms with Crippen molar-refractivity contribution in [2.24, 2.45) is 0 Å². The van der Waals surface area contributed by atoms with Crippen molar-refractivity contribution in [2.45, 2.75) is 52.8 Å². The fourth-order valence-corrected chi connectivity index (χ4v) is 1.56. The van der Waals surface area contributed by atoms with E-state index in [9.17, 15) is 8.78 Å². The normalized spacial score (nSPS) is 11.8. The van der Waals surface area contributed by atoms with E-state index in [0.717, 1.165) is 6.42 Å². The summed E-state index contributed by atoms with van der Waals surface area (Å²) in [6.07, 6.45) is 0.859. The van der Waals surface area contributed by atoms with Crippen LogP contribution in [0.3, 0.4) is 0 Å². The molecule has 1 rings (SSSR count). The van der Waals surface area contributed by atoms with Gasteiger partial charge in [0.05, 0.1) is 6.61 Å². The minimum Gasteiger partial charge on any atom is -0.493 e. The lowest BCUT2D eigenvalue weighted by atomic mass is 10.1. The average Bonchev–Trinajstić information content (AvgIpc) is 2.33. The van der Waals surface area contributed by atoms with Gasteiger partial charge in [0.2, 0.25) is 0 Å². The average molecular weight is 287 g/mol. The molecule has 0 unspecified atom stereocenters. The number of benzene rings is 1. The fraction of sp³-hybridized carbons (Fsp3) is 0.600. The number of nitrogens with one attached hydrogen (secondary N) is 1. The molecule has 0 spiro atoms. The highest BCUT2D eigenvalue weighted by Gasteiger charge is 2.14. The zero-order valence-corrected chi connectivity index (χ0v) is 12.5. The van der Waals surface area contributed by atoms with Crippen LogP contribution < -0.4 is 14.8 Å². The highest BCUT2D eigenvalue weighted by Crippen LogP contribution is 2.27. The Morgan fingerprint density at radius 3 is 2.50 bits per heavy atom. The summed E-state index contributed by atoms with van der Waals surface area (Å²) >= 11 is 0. The van der Waals surface area contributed by atoms with Crippen molar-refractivity contribution < 1.29 is 18.3 Å². The van der Waals surface area contributed by atoms with Gasteiger partial charge in [0.15, 0.2) is 0 Å². The van der Waals surface area contributed by atoms with E-state index < -0.39 is 6.61 Å². The first kappa shape index (κ1) is 16.7. The van der Waals surface area contributed by atoms with Gasteiger partial charge in [-0.15, -0.1) is 0 Å². The minimum absolute atomic E-state index is 0.0977. The molecule has 0 amide bonds. The van der Waals surface area contributed by atoms with Gasteiger partial charge in [0.1, 0.15) is 11.5 Å². The summed E-state index contributed by atoms with van der Waals surface area (Å²) in [5.41, 5.74) is 0.587. The SMILES string of the molecule is CCCOc1ccc(CNC(C)(C)C)c(OC(F)F)c1. The third-order valence-electron chi connectivity index (χ3n) is 2.54. The third-order valence-corrected chi connectivity index (χ3v) is 2.54. The van der Waals surface area contributed by atoms with Crippen molar-refractivity contribution in [2.75, 3.05) is 6.61 Å². The molecule has 0 saturated heterocycles. The molecule has 0 heterocycles. The van der Waals surface area contributed by atoms with Crippen LogP contribution in [-0.4, -0.2) is 18.8 Å². The van der Waals surface area contributed by atoms with Crippen LogP contribution in [-0.2, 0) is 6.54 Å². The number of rotatable bonds is 7. The van der Waals surface area contributed by atoms with Crippen LogP contribution in [0.4, 0.5) is 8.78 Å². The minimum atomic E-state index is -2.84. The standard InChI is InChI=1S/C15H23F2NO2/c1-5-8-19-12-7-6-11(10-18-15(2,3)4)13(9-12)20-14(16)17/h6-7,9,14,18H,5,8,10H2,1-4H3. The number of hydrogen-bond donors (Lipinski definition) is 1. The Bertz CT molecular complexity index is 417. The highest BCUT2D eigenvalue weighted by molar-refractivity contribution is 5.40. The molecular formula is C15H23F2NO2. The van der Waals surface area contributed by atoms with Crippen LogP contribution >= 0.6 is 0 Å². The summed E-state index contributed by atoms with van der Waals surface area (Å²) in [5, 5.41) is 3.25. The Morgan fingerprint density at radius 1 is 1.25 bits per heavy atom. The molecule has 0 aliphatic rings. The molecule has 0 atom stereocenters. The lowest BCUT2D eigenvalue weighted by Gasteiger charge is -2.22. The Kier molecular flexibility index (Phi) is 6.20. The Morgan fingerprint density at radius 2 is 1.95 bits per heavy atom. The first-order valence-corrected chi connectivity index (χ1v) is 6.77. The smallest absolute Gasteiger partial charge is 0.387 e. The van der Waals surface area contributed by atoms with Crippen molar-refractivity contribution in [3.8, 4) is 11.5 Å². The molecular weight excluding hydrogens is 264 g/mol. The van der Waals surface area contributed by atoms with Gasteiger partial charge in [-0.1, -0.05) is 13.0 Å². The first-order chi connectivity index (χ1) is 9.31. The van der Waals surface area contributed by atoms with Crippen LogP contribution in [0.25, 0.3) is 0 Å². The van der Waals surface area contributed by atoms with Gasteiger partial charge in [0, 0.05) is 23.7 Å². The van der Waals surface area contributed by atoms with Crippen LogP contribution in [0.5, 0.6) is 11.5 Å². The van der Waals surface area contributed by atoms with E-state index in [-0.39, 0.29) is 11.3 Å². The predicted octanol–water partition coefficient (Wildman–Crippen LogP) is 3.96. The van der Waals surface area contributed by atoms with E-state index >= 15 is 0 Å². The molecule has 1 aromatic rings. The van der Waals surface area contributed by atoms with Crippen molar-refractivity contribution >= 4 is 0 Å². The van der Waals surface area contributed by atoms with Gasteiger partial charge in [-0.25, -0.2) is 0 Å². The Balaban J connectivity index is 2.85. The van der Waals surface area contributed by atoms with Crippen molar-refractivity contribution in [3.63, 3.8) is 0 Å². The summed E-state index contributed by atoms with van der Waals surface area (Å²) in [4.78, 5) is 0. The Hall–Kier alpha value is -1.36. The summed E-state index contributed by atoms with van der Waals surface area (Å²) in [7, 11) is 0. The van der Waals surface area contributed by atoms with E-state index in [1.807, 2.05) is 27.7 Å². The molecule has 5 heteroatoms. The van der Waals surface area contributed by atoms with Gasteiger partial charge in [-0.3, -0.25) is 0 Å². The molecule has 0 saturated carbocycles. The number of alkyl halides is 2. The second-order valence-corrected chi connectivity index (χ2v) is 5.60. The lowest BCUT2D eigenvalue weighted by molar-refractivity contribution is -0.0506. The second-order valence-electron chi connectivity index (χ2n) is 5.60. The van der Waals surface area contributed by atoms with E-state index in [4.69, 9.17) is 4.74 Å². The molecule has 20 heavy (non-hydrogen) atoms. The van der Waals surface area contributed by atoms with Crippen LogP contribution in [0.2, 0.25) is 0 Å². The zero-order valence-electron chi connectivity index (χ0n) is 12.5. The predicted molar refractivity (Wildman–Crippen MR) is 75.5 cm³/mol. The molecule has 0 radical (unpaired) electrons. The molecule has 3 nitrogen and oxygen atoms in total. The molecule has 0 aliphatic heterocycles. The molecule has 0 fully saturated rings. The van der Waals surface area contributed by atoms with Gasteiger partial charge in [-0.2, -0.15) is 8.78 Å². The third kappa shape index (κ3) is 6.19. The van der Waals surface area contributed by atoms with E-state index in [2.05, 4.69) is 10.1 Å². The van der Waals surface area contributed by atoms with E-state index in [1.54, 1.807) is 12.1 Å². The molecule has 1 aromatic carbocycles. The maximum absolute atomic E-state index is 12.5. The van der Waals surface area contributed by atoms with Gasteiger partial charge in [0.25, 0.3) is 0 Å². The maximum atomic E-state index is 12.5. The molecule has 0 aromatic heterocycles. The second kappa shape index (κ2) is 7.43. The van der Waals surface area contributed by atoms with Gasteiger partial charge in [-0.05, 0) is 33.3 Å². The van der Waals surface area contributed by atoms with Crippen molar-refractivity contribution in [3.05, 3.63) is 23.8 Å². The van der Waals surface area contributed by atoms with Crippen LogP contribution in [0, 0.1) is 0 Å². The van der Waals surface area contributed by atoms with Gasteiger partial charge < -0.3 is 14.8 Å². The number of ether oxygens (including phenoxy) is 2.